The fourth-order valence-corrected chi connectivity index (χ4v) is 5.91. The molecule has 158 valence electrons. The molecule has 3 heterocycles. The van der Waals surface area contributed by atoms with Gasteiger partial charge in [-0.3, -0.25) is 0 Å². The highest BCUT2D eigenvalue weighted by Crippen LogP contribution is 2.45. The molecular weight excluding hydrogens is 372 g/mol. The molecule has 2 unspecified atom stereocenters. The van der Waals surface area contributed by atoms with Gasteiger partial charge >= 0.3 is 0 Å². The molecule has 1 fully saturated rings. The fourth-order valence-electron chi connectivity index (χ4n) is 5.91. The Morgan fingerprint density at radius 3 is 2.80 bits per heavy atom. The van der Waals surface area contributed by atoms with Gasteiger partial charge in [0.15, 0.2) is 0 Å². The van der Waals surface area contributed by atoms with Crippen LogP contribution < -0.4 is 5.32 Å². The average molecular weight is 405 g/mol. The molecule has 0 bridgehead atoms. The second-order valence-corrected chi connectivity index (χ2v) is 9.29. The summed E-state index contributed by atoms with van der Waals surface area (Å²) in [4.78, 5) is 7.23. The Labute approximate surface area is 179 Å². The maximum atomic E-state index is 5.97. The van der Waals surface area contributed by atoms with Crippen molar-refractivity contribution < 1.29 is 4.74 Å². The first-order valence-electron chi connectivity index (χ1n) is 11.0. The lowest BCUT2D eigenvalue weighted by Gasteiger charge is -2.47. The number of piperidine rings is 1. The van der Waals surface area contributed by atoms with Crippen molar-refractivity contribution in [3.05, 3.63) is 58.9 Å². The number of aromatic nitrogens is 2. The topological polar surface area (TPSA) is 42.3 Å². The Morgan fingerprint density at radius 2 is 2.03 bits per heavy atom. The second-order valence-electron chi connectivity index (χ2n) is 9.29. The molecule has 1 aliphatic carbocycles. The van der Waals surface area contributed by atoms with Gasteiger partial charge in [0.1, 0.15) is 12.0 Å². The number of benzene rings is 1. The summed E-state index contributed by atoms with van der Waals surface area (Å²) in [6, 6.07) is 11.6. The molecule has 1 N–H and O–H groups in total. The molecule has 1 saturated heterocycles. The Balaban J connectivity index is 1.46. The molecule has 2 aromatic heterocycles. The molecular formula is C25H32N4O. The summed E-state index contributed by atoms with van der Waals surface area (Å²) < 4.78 is 8.25. The van der Waals surface area contributed by atoms with Crippen molar-refractivity contribution in [2.45, 2.75) is 44.9 Å². The fraction of sp³-hybridized carbons (Fsp3) is 0.480. The first-order chi connectivity index (χ1) is 14.4. The number of likely N-dealkylation sites (N-methyl/N-ethyl adjacent to an activating group) is 1. The van der Waals surface area contributed by atoms with E-state index in [-0.39, 0.29) is 6.23 Å². The normalized spacial score (nSPS) is 24.6. The summed E-state index contributed by atoms with van der Waals surface area (Å²) in [6.07, 6.45) is 4.53. The van der Waals surface area contributed by atoms with E-state index in [0.717, 1.165) is 30.9 Å². The van der Waals surface area contributed by atoms with Crippen LogP contribution in [0.1, 0.15) is 34.7 Å². The highest BCUT2D eigenvalue weighted by molar-refractivity contribution is 5.89. The van der Waals surface area contributed by atoms with Crippen molar-refractivity contribution in [3.63, 3.8) is 0 Å². The first-order valence-corrected chi connectivity index (χ1v) is 11.0. The second kappa shape index (κ2) is 7.40. The monoisotopic (exact) mass is 404 g/mol. The van der Waals surface area contributed by atoms with Crippen LogP contribution in [0.15, 0.2) is 36.5 Å². The van der Waals surface area contributed by atoms with Crippen LogP contribution in [0.25, 0.3) is 10.9 Å². The highest BCUT2D eigenvalue weighted by Gasteiger charge is 2.42. The van der Waals surface area contributed by atoms with Crippen LogP contribution >= 0.6 is 0 Å². The number of ether oxygens (including phenoxy) is 1. The lowest BCUT2D eigenvalue weighted by atomic mass is 9.72. The zero-order valence-corrected chi connectivity index (χ0v) is 18.6. The zero-order valence-electron chi connectivity index (χ0n) is 18.6. The molecule has 0 amide bonds. The third-order valence-electron chi connectivity index (χ3n) is 7.13. The van der Waals surface area contributed by atoms with Gasteiger partial charge in [0.2, 0.25) is 0 Å². The van der Waals surface area contributed by atoms with E-state index in [1.807, 2.05) is 14.0 Å². The minimum atomic E-state index is -0.0570. The summed E-state index contributed by atoms with van der Waals surface area (Å²) in [5.74, 6) is 1.82. The first kappa shape index (κ1) is 19.6. The molecule has 0 radical (unpaired) electrons. The molecule has 1 aromatic carbocycles. The van der Waals surface area contributed by atoms with E-state index in [9.17, 15) is 0 Å². The van der Waals surface area contributed by atoms with E-state index >= 15 is 0 Å². The van der Waals surface area contributed by atoms with Gasteiger partial charge in [-0.25, -0.2) is 4.98 Å². The SMILES string of the molecule is COC(Nc1cc(C)cc(C)n1)[C@@H]1CC2c3cccc4c3c(cn4C)C[C@H]2N(C)C1. The molecule has 30 heavy (non-hydrogen) atoms. The maximum absolute atomic E-state index is 5.97. The van der Waals surface area contributed by atoms with Crippen molar-refractivity contribution in [2.75, 3.05) is 26.0 Å². The molecule has 4 atom stereocenters. The number of pyridine rings is 1. The number of hydrogen-bond acceptors (Lipinski definition) is 4. The number of hydrogen-bond donors (Lipinski definition) is 1. The Bertz CT molecular complexity index is 1070. The van der Waals surface area contributed by atoms with Crippen LogP contribution in [0.2, 0.25) is 0 Å². The zero-order chi connectivity index (χ0) is 21.0. The largest absolute Gasteiger partial charge is 0.361 e. The van der Waals surface area contributed by atoms with Crippen LogP contribution in [0, 0.1) is 19.8 Å². The van der Waals surface area contributed by atoms with E-state index < -0.39 is 0 Å². The van der Waals surface area contributed by atoms with Gasteiger partial charge in [-0.2, -0.15) is 0 Å². The summed E-state index contributed by atoms with van der Waals surface area (Å²) in [6.45, 7) is 5.18. The van der Waals surface area contributed by atoms with Crippen LogP contribution in [0.3, 0.4) is 0 Å². The molecule has 2 aliphatic rings. The van der Waals surface area contributed by atoms with E-state index in [1.54, 1.807) is 0 Å². The number of nitrogens with zero attached hydrogens (tertiary/aromatic N) is 3. The van der Waals surface area contributed by atoms with E-state index in [0.29, 0.717) is 17.9 Å². The van der Waals surface area contributed by atoms with Gasteiger partial charge < -0.3 is 19.5 Å². The van der Waals surface area contributed by atoms with Crippen molar-refractivity contribution in [1.82, 2.24) is 14.5 Å². The third kappa shape index (κ3) is 3.21. The van der Waals surface area contributed by atoms with Gasteiger partial charge in [0.25, 0.3) is 0 Å². The van der Waals surface area contributed by atoms with E-state index in [1.165, 1.54) is 27.6 Å². The number of methoxy groups -OCH3 is 1. The molecule has 1 aliphatic heterocycles. The lowest BCUT2D eigenvalue weighted by Crippen LogP contribution is -2.51. The van der Waals surface area contributed by atoms with Crippen molar-refractivity contribution in [1.29, 1.82) is 0 Å². The highest BCUT2D eigenvalue weighted by atomic mass is 16.5. The van der Waals surface area contributed by atoms with Crippen LogP contribution in [-0.2, 0) is 18.2 Å². The summed E-state index contributed by atoms with van der Waals surface area (Å²) in [5, 5.41) is 5.06. The predicted octanol–water partition coefficient (Wildman–Crippen LogP) is 4.23. The van der Waals surface area contributed by atoms with Gasteiger partial charge in [-0.05, 0) is 68.6 Å². The molecule has 0 saturated carbocycles. The van der Waals surface area contributed by atoms with Gasteiger partial charge in [-0.1, -0.05) is 12.1 Å². The number of aryl methyl sites for hydroxylation is 3. The van der Waals surface area contributed by atoms with E-state index in [4.69, 9.17) is 4.74 Å². The minimum absolute atomic E-state index is 0.0570. The summed E-state index contributed by atoms with van der Waals surface area (Å²) in [7, 11) is 6.25. The average Bonchev–Trinajstić information content (AvgIpc) is 3.03. The standard InChI is InChI=1S/C25H32N4O/c1-15-9-16(2)26-23(10-15)27-25(30-5)18-11-20-19-7-6-8-21-24(19)17(13-28(21)3)12-22(20)29(4)14-18/h6-10,13,18,20,22,25H,11-12,14H2,1-5H3,(H,26,27)/t18-,20?,22-,25?/m1/s1. The van der Waals surface area contributed by atoms with Gasteiger partial charge in [0.05, 0.1) is 0 Å². The predicted molar refractivity (Wildman–Crippen MR) is 122 cm³/mol. The number of likely N-dealkylation sites (tertiary alicyclic amines) is 1. The van der Waals surface area contributed by atoms with E-state index in [2.05, 4.69) is 77.3 Å². The number of fused-ring (bicyclic) bond motifs is 2. The maximum Gasteiger partial charge on any atom is 0.132 e. The quantitative estimate of drug-likeness (QED) is 0.661. The molecule has 5 heteroatoms. The van der Waals surface area contributed by atoms with Gasteiger partial charge in [-0.15, -0.1) is 0 Å². The summed E-state index contributed by atoms with van der Waals surface area (Å²) in [5.41, 5.74) is 6.61. The van der Waals surface area contributed by atoms with Crippen molar-refractivity contribution in [3.8, 4) is 0 Å². The van der Waals surface area contributed by atoms with Crippen molar-refractivity contribution in [2.24, 2.45) is 13.0 Å². The number of rotatable bonds is 4. The Kier molecular flexibility index (Phi) is 4.83. The third-order valence-corrected chi connectivity index (χ3v) is 7.13. The minimum Gasteiger partial charge on any atom is -0.361 e. The molecule has 5 nitrogen and oxygen atoms in total. The summed E-state index contributed by atoms with van der Waals surface area (Å²) >= 11 is 0. The number of nitrogens with one attached hydrogen (secondary N) is 1. The van der Waals surface area contributed by atoms with Crippen LogP contribution in [0.5, 0.6) is 0 Å². The van der Waals surface area contributed by atoms with Gasteiger partial charge in [0, 0.05) is 61.4 Å². The smallest absolute Gasteiger partial charge is 0.132 e. The molecule has 0 spiro atoms. The van der Waals surface area contributed by atoms with Crippen molar-refractivity contribution >= 4 is 16.7 Å². The van der Waals surface area contributed by atoms with Crippen LogP contribution in [0.4, 0.5) is 5.82 Å². The molecule has 5 rings (SSSR count). The lowest BCUT2D eigenvalue weighted by molar-refractivity contribution is 0.0126. The van der Waals surface area contributed by atoms with Crippen LogP contribution in [-0.4, -0.2) is 47.4 Å². The molecule has 3 aromatic rings. The Hall–Kier alpha value is -2.37. The Morgan fingerprint density at radius 1 is 1.20 bits per heavy atom. The number of anilines is 1.